The second-order valence-electron chi connectivity index (χ2n) is 7.50. The summed E-state index contributed by atoms with van der Waals surface area (Å²) in [6.07, 6.45) is 11.9. The number of aromatic nitrogens is 3. The van der Waals surface area contributed by atoms with Crippen LogP contribution in [0.1, 0.15) is 77.0 Å². The van der Waals surface area contributed by atoms with E-state index in [9.17, 15) is 0 Å². The zero-order valence-electron chi connectivity index (χ0n) is 18.4. The molecule has 1 heterocycles. The second kappa shape index (κ2) is 19.3. The average Bonchev–Trinajstić information content (AvgIpc) is 2.75. The topological polar surface area (TPSA) is 135 Å². The molecule has 174 valence electrons. The highest BCUT2D eigenvalue weighted by Gasteiger charge is 2.06. The molecule has 0 aliphatic carbocycles. The molecule has 0 aromatic carbocycles. The zero-order chi connectivity index (χ0) is 21.7. The Hall–Kier alpha value is -1.71. The fourth-order valence-electron chi connectivity index (χ4n) is 2.98. The summed E-state index contributed by atoms with van der Waals surface area (Å²) in [4.78, 5) is 13.4. The molecule has 0 aliphatic rings. The lowest BCUT2D eigenvalue weighted by Crippen LogP contribution is -2.14. The van der Waals surface area contributed by atoms with E-state index in [0.717, 1.165) is 96.7 Å². The van der Waals surface area contributed by atoms with E-state index < -0.39 is 0 Å². The molecule has 1 rings (SSSR count). The molecule has 0 aliphatic heterocycles. The first-order valence-corrected chi connectivity index (χ1v) is 11.6. The van der Waals surface area contributed by atoms with E-state index in [1.54, 1.807) is 0 Å². The van der Waals surface area contributed by atoms with E-state index in [0.29, 0.717) is 17.8 Å². The van der Waals surface area contributed by atoms with Crippen molar-refractivity contribution in [2.45, 2.75) is 77.0 Å². The van der Waals surface area contributed by atoms with E-state index >= 15 is 0 Å². The summed E-state index contributed by atoms with van der Waals surface area (Å²) in [5, 5.41) is 36.4. The van der Waals surface area contributed by atoms with Gasteiger partial charge in [0, 0.05) is 39.5 Å². The lowest BCUT2D eigenvalue weighted by molar-refractivity contribution is 0.282. The van der Waals surface area contributed by atoms with Crippen LogP contribution in [-0.4, -0.2) is 69.7 Å². The number of hydrogen-bond donors (Lipinski definition) is 6. The third kappa shape index (κ3) is 14.3. The molecule has 6 N–H and O–H groups in total. The number of hydrogen-bond acceptors (Lipinski definition) is 9. The van der Waals surface area contributed by atoms with Gasteiger partial charge >= 0.3 is 0 Å². The maximum Gasteiger partial charge on any atom is 0.229 e. The number of nitrogens with one attached hydrogen (secondary N) is 3. The van der Waals surface area contributed by atoms with Gasteiger partial charge in [-0.2, -0.15) is 15.0 Å². The van der Waals surface area contributed by atoms with Crippen molar-refractivity contribution < 1.29 is 15.3 Å². The van der Waals surface area contributed by atoms with Gasteiger partial charge in [-0.3, -0.25) is 0 Å². The van der Waals surface area contributed by atoms with Crippen LogP contribution in [0.15, 0.2) is 0 Å². The zero-order valence-corrected chi connectivity index (χ0v) is 18.4. The van der Waals surface area contributed by atoms with Gasteiger partial charge in [-0.1, -0.05) is 38.5 Å². The van der Waals surface area contributed by atoms with Gasteiger partial charge in [0.2, 0.25) is 17.8 Å². The molecule has 30 heavy (non-hydrogen) atoms. The van der Waals surface area contributed by atoms with Crippen LogP contribution in [0.3, 0.4) is 0 Å². The van der Waals surface area contributed by atoms with Crippen molar-refractivity contribution in [3.63, 3.8) is 0 Å². The first-order valence-electron chi connectivity index (χ1n) is 11.6. The lowest BCUT2D eigenvalue weighted by Gasteiger charge is -2.11. The molecule has 9 nitrogen and oxygen atoms in total. The molecule has 0 bridgehead atoms. The summed E-state index contributed by atoms with van der Waals surface area (Å²) in [5.74, 6) is 1.70. The number of rotatable bonds is 21. The van der Waals surface area contributed by atoms with Gasteiger partial charge in [0.05, 0.1) is 0 Å². The fraction of sp³-hybridized carbons (Fsp3) is 0.857. The second-order valence-corrected chi connectivity index (χ2v) is 7.50. The summed E-state index contributed by atoms with van der Waals surface area (Å²) in [6, 6.07) is 0. The Bertz CT molecular complexity index is 438. The van der Waals surface area contributed by atoms with Gasteiger partial charge in [0.25, 0.3) is 0 Å². The van der Waals surface area contributed by atoms with Crippen LogP contribution >= 0.6 is 0 Å². The normalized spacial score (nSPS) is 10.9. The molecule has 0 unspecified atom stereocenters. The largest absolute Gasteiger partial charge is 0.396 e. The molecule has 1 aromatic rings. The van der Waals surface area contributed by atoms with Crippen LogP contribution in [-0.2, 0) is 0 Å². The predicted molar refractivity (Wildman–Crippen MR) is 122 cm³/mol. The highest BCUT2D eigenvalue weighted by molar-refractivity contribution is 5.42. The molecule has 0 radical (unpaired) electrons. The maximum atomic E-state index is 8.85. The molecule has 0 atom stereocenters. The molecular weight excluding hydrogens is 384 g/mol. The molecule has 0 spiro atoms. The molecule has 0 saturated heterocycles. The quantitative estimate of drug-likeness (QED) is 0.164. The number of aliphatic hydroxyl groups is 3. The molecule has 0 amide bonds. The van der Waals surface area contributed by atoms with E-state index in [1.165, 1.54) is 0 Å². The van der Waals surface area contributed by atoms with Crippen molar-refractivity contribution in [1.29, 1.82) is 0 Å². The average molecular weight is 427 g/mol. The van der Waals surface area contributed by atoms with E-state index in [4.69, 9.17) is 15.3 Å². The highest BCUT2D eigenvalue weighted by Crippen LogP contribution is 2.11. The minimum Gasteiger partial charge on any atom is -0.396 e. The third-order valence-corrected chi connectivity index (χ3v) is 4.74. The maximum absolute atomic E-state index is 8.85. The number of unbranched alkanes of at least 4 members (excludes halogenated alkanes) is 9. The summed E-state index contributed by atoms with van der Waals surface area (Å²) in [5.41, 5.74) is 0. The predicted octanol–water partition coefficient (Wildman–Crippen LogP) is 2.77. The van der Waals surface area contributed by atoms with Gasteiger partial charge in [-0.25, -0.2) is 0 Å². The standard InChI is InChI=1S/C21H42N6O3/c28-16-10-4-1-7-13-22-19-25-20(23-14-8-2-5-11-17-29)27-21(26-19)24-15-9-3-6-12-18-30/h28-30H,1-18H2,(H3,22,23,24,25,26,27). The monoisotopic (exact) mass is 426 g/mol. The van der Waals surface area contributed by atoms with E-state index in [2.05, 4.69) is 30.9 Å². The van der Waals surface area contributed by atoms with Crippen LogP contribution in [0.5, 0.6) is 0 Å². The summed E-state index contributed by atoms with van der Waals surface area (Å²) < 4.78 is 0. The molecule has 0 fully saturated rings. The fourth-order valence-corrected chi connectivity index (χ4v) is 2.98. The van der Waals surface area contributed by atoms with Crippen LogP contribution in [0.25, 0.3) is 0 Å². The van der Waals surface area contributed by atoms with Crippen molar-refractivity contribution in [1.82, 2.24) is 15.0 Å². The van der Waals surface area contributed by atoms with Crippen LogP contribution < -0.4 is 16.0 Å². The van der Waals surface area contributed by atoms with Gasteiger partial charge in [-0.05, 0) is 38.5 Å². The Morgan fingerprint density at radius 1 is 0.400 bits per heavy atom. The van der Waals surface area contributed by atoms with Crippen LogP contribution in [0.4, 0.5) is 17.8 Å². The minimum absolute atomic E-state index is 0.255. The van der Waals surface area contributed by atoms with Crippen molar-refractivity contribution in [2.75, 3.05) is 55.4 Å². The number of nitrogens with zero attached hydrogens (tertiary/aromatic N) is 3. The van der Waals surface area contributed by atoms with Crippen molar-refractivity contribution >= 4 is 17.8 Å². The van der Waals surface area contributed by atoms with Crippen molar-refractivity contribution in [3.05, 3.63) is 0 Å². The first-order chi connectivity index (χ1) is 14.8. The Labute approximate surface area is 181 Å². The van der Waals surface area contributed by atoms with Crippen molar-refractivity contribution in [2.24, 2.45) is 0 Å². The SMILES string of the molecule is OCCCCCCNc1nc(NCCCCCCO)nc(NCCCCCCO)n1. The van der Waals surface area contributed by atoms with Crippen molar-refractivity contribution in [3.8, 4) is 0 Å². The number of anilines is 3. The van der Waals surface area contributed by atoms with E-state index in [-0.39, 0.29) is 19.8 Å². The minimum atomic E-state index is 0.255. The summed E-state index contributed by atoms with van der Waals surface area (Å²) in [6.45, 7) is 3.13. The summed E-state index contributed by atoms with van der Waals surface area (Å²) in [7, 11) is 0. The smallest absolute Gasteiger partial charge is 0.229 e. The van der Waals surface area contributed by atoms with Gasteiger partial charge in [-0.15, -0.1) is 0 Å². The molecule has 1 aromatic heterocycles. The Balaban J connectivity index is 2.47. The van der Waals surface area contributed by atoms with Gasteiger partial charge in [0.15, 0.2) is 0 Å². The Morgan fingerprint density at radius 2 is 0.667 bits per heavy atom. The summed E-state index contributed by atoms with van der Waals surface area (Å²) >= 11 is 0. The first kappa shape index (κ1) is 26.3. The van der Waals surface area contributed by atoms with Crippen LogP contribution in [0, 0.1) is 0 Å². The molecular formula is C21H42N6O3. The van der Waals surface area contributed by atoms with Gasteiger partial charge in [0.1, 0.15) is 0 Å². The van der Waals surface area contributed by atoms with Gasteiger partial charge < -0.3 is 31.3 Å². The number of aliphatic hydroxyl groups excluding tert-OH is 3. The third-order valence-electron chi connectivity index (χ3n) is 4.74. The van der Waals surface area contributed by atoms with E-state index in [1.807, 2.05) is 0 Å². The Morgan fingerprint density at radius 3 is 0.933 bits per heavy atom. The lowest BCUT2D eigenvalue weighted by atomic mass is 10.2. The van der Waals surface area contributed by atoms with Crippen LogP contribution in [0.2, 0.25) is 0 Å². The Kier molecular flexibility index (Phi) is 16.9. The molecule has 0 saturated carbocycles. The molecule has 9 heteroatoms. The highest BCUT2D eigenvalue weighted by atomic mass is 16.3.